The summed E-state index contributed by atoms with van der Waals surface area (Å²) in [6, 6.07) is -3.81. The van der Waals surface area contributed by atoms with Gasteiger partial charge in [0.1, 0.15) is 18.1 Å². The molecule has 5 atom stereocenters. The Labute approximate surface area is 170 Å². The first kappa shape index (κ1) is 24.8. The quantitative estimate of drug-likeness (QED) is 0.175. The molecule has 0 radical (unpaired) electrons. The zero-order valence-electron chi connectivity index (χ0n) is 16.9. The van der Waals surface area contributed by atoms with E-state index in [-0.39, 0.29) is 6.42 Å². The van der Waals surface area contributed by atoms with Crippen LogP contribution in [0.15, 0.2) is 0 Å². The fourth-order valence-corrected chi connectivity index (χ4v) is 2.97. The van der Waals surface area contributed by atoms with Gasteiger partial charge in [-0.3, -0.25) is 19.2 Å². The molecule has 0 bridgehead atoms. The highest BCUT2D eigenvalue weighted by molar-refractivity contribution is 5.94. The maximum Gasteiger partial charge on any atom is 0.325 e. The summed E-state index contributed by atoms with van der Waals surface area (Å²) in [5, 5.41) is 29.3. The molecular formula is C18H33N5O6. The van der Waals surface area contributed by atoms with Gasteiger partial charge in [-0.05, 0) is 59.0 Å². The summed E-state index contributed by atoms with van der Waals surface area (Å²) < 4.78 is 0. The van der Waals surface area contributed by atoms with Gasteiger partial charge in [-0.2, -0.15) is 0 Å². The summed E-state index contributed by atoms with van der Waals surface area (Å²) >= 11 is 0. The minimum absolute atomic E-state index is 0.242. The van der Waals surface area contributed by atoms with Gasteiger partial charge < -0.3 is 37.2 Å². The Balaban J connectivity index is 2.80. The number of carbonyl (C=O) groups excluding carboxylic acids is 3. The molecule has 1 rings (SSSR count). The van der Waals surface area contributed by atoms with Crippen LogP contribution in [0.2, 0.25) is 0 Å². The fraction of sp³-hybridized carbons (Fsp3) is 0.778. The van der Waals surface area contributed by atoms with Crippen molar-refractivity contribution in [2.45, 2.75) is 76.2 Å². The maximum atomic E-state index is 12.7. The number of hydrogen-bond acceptors (Lipinski definition) is 7. The molecule has 1 aliphatic heterocycles. The van der Waals surface area contributed by atoms with Crippen molar-refractivity contribution in [2.24, 2.45) is 5.73 Å². The molecule has 1 aliphatic rings. The molecule has 1 saturated heterocycles. The molecule has 11 nitrogen and oxygen atoms in total. The minimum atomic E-state index is -1.24. The predicted molar refractivity (Wildman–Crippen MR) is 105 cm³/mol. The molecule has 8 N–H and O–H groups in total. The number of aliphatic carboxylic acids is 1. The number of hydrogen-bond donors (Lipinski definition) is 7. The molecule has 29 heavy (non-hydrogen) atoms. The van der Waals surface area contributed by atoms with E-state index < -0.39 is 54.0 Å². The standard InChI is InChI=1S/C18H33N5O6/c1-10(18(28)29)21-16(26)13(6-3-4-8-19)22-17(27)14(11(2)24)23-15(25)12-7-5-9-20-12/h10-14,20,24H,3-9,19H2,1-2H3,(H,21,26)(H,22,27)(H,23,25)(H,28,29). The molecule has 0 aromatic carbocycles. The molecule has 0 spiro atoms. The van der Waals surface area contributed by atoms with Crippen molar-refractivity contribution in [1.29, 1.82) is 0 Å². The average Bonchev–Trinajstić information content (AvgIpc) is 3.19. The SMILES string of the molecule is CC(NC(=O)C(CCCCN)NC(=O)C(NC(=O)C1CCCN1)C(C)O)C(=O)O. The van der Waals surface area contributed by atoms with Crippen LogP contribution in [0.1, 0.15) is 46.0 Å². The number of carbonyl (C=O) groups is 4. The molecule has 1 heterocycles. The molecule has 11 heteroatoms. The van der Waals surface area contributed by atoms with E-state index in [2.05, 4.69) is 21.3 Å². The largest absolute Gasteiger partial charge is 0.480 e. The monoisotopic (exact) mass is 415 g/mol. The number of aliphatic hydroxyl groups excluding tert-OH is 1. The van der Waals surface area contributed by atoms with Gasteiger partial charge in [-0.1, -0.05) is 0 Å². The van der Waals surface area contributed by atoms with Crippen molar-refractivity contribution < 1.29 is 29.4 Å². The first-order valence-corrected chi connectivity index (χ1v) is 9.92. The lowest BCUT2D eigenvalue weighted by molar-refractivity contribution is -0.142. The van der Waals surface area contributed by atoms with Crippen molar-refractivity contribution in [3.05, 3.63) is 0 Å². The lowest BCUT2D eigenvalue weighted by atomic mass is 10.1. The highest BCUT2D eigenvalue weighted by Crippen LogP contribution is 2.07. The Bertz CT molecular complexity index is 579. The Morgan fingerprint density at radius 1 is 1.10 bits per heavy atom. The Hall–Kier alpha value is -2.24. The van der Waals surface area contributed by atoms with Gasteiger partial charge in [0.2, 0.25) is 17.7 Å². The second-order valence-electron chi connectivity index (χ2n) is 7.29. The molecular weight excluding hydrogens is 382 g/mol. The molecule has 3 amide bonds. The number of rotatable bonds is 12. The number of carboxylic acid groups (broad SMARTS) is 1. The predicted octanol–water partition coefficient (Wildman–Crippen LogP) is -2.19. The third kappa shape index (κ3) is 8.34. The average molecular weight is 415 g/mol. The van der Waals surface area contributed by atoms with Gasteiger partial charge in [0.15, 0.2) is 0 Å². The Kier molecular flexibility index (Phi) is 10.6. The minimum Gasteiger partial charge on any atom is -0.480 e. The topological polar surface area (TPSA) is 183 Å². The van der Waals surface area contributed by atoms with E-state index in [1.165, 1.54) is 13.8 Å². The van der Waals surface area contributed by atoms with Crippen LogP contribution < -0.4 is 27.0 Å². The summed E-state index contributed by atoms with van der Waals surface area (Å²) in [6.07, 6.45) is 1.69. The second-order valence-corrected chi connectivity index (χ2v) is 7.29. The Morgan fingerprint density at radius 2 is 1.79 bits per heavy atom. The zero-order valence-corrected chi connectivity index (χ0v) is 16.9. The molecule has 0 aliphatic carbocycles. The van der Waals surface area contributed by atoms with E-state index in [4.69, 9.17) is 10.8 Å². The lowest BCUT2D eigenvalue weighted by Crippen LogP contribution is -2.59. The van der Waals surface area contributed by atoms with E-state index in [1.807, 2.05) is 0 Å². The van der Waals surface area contributed by atoms with E-state index in [9.17, 15) is 24.3 Å². The van der Waals surface area contributed by atoms with Crippen molar-refractivity contribution in [3.63, 3.8) is 0 Å². The first-order valence-electron chi connectivity index (χ1n) is 9.92. The van der Waals surface area contributed by atoms with Crippen molar-refractivity contribution in [2.75, 3.05) is 13.1 Å². The molecule has 166 valence electrons. The van der Waals surface area contributed by atoms with Crippen molar-refractivity contribution >= 4 is 23.7 Å². The summed E-state index contributed by atoms with van der Waals surface area (Å²) in [5.74, 6) is -2.98. The van der Waals surface area contributed by atoms with Crippen molar-refractivity contribution in [1.82, 2.24) is 21.3 Å². The molecule has 5 unspecified atom stereocenters. The van der Waals surface area contributed by atoms with Crippen molar-refractivity contribution in [3.8, 4) is 0 Å². The van der Waals surface area contributed by atoms with Gasteiger partial charge in [-0.25, -0.2) is 0 Å². The molecule has 0 aromatic heterocycles. The van der Waals surface area contributed by atoms with Gasteiger partial charge in [0.05, 0.1) is 12.1 Å². The fourth-order valence-electron chi connectivity index (χ4n) is 2.97. The summed E-state index contributed by atoms with van der Waals surface area (Å²) in [6.45, 7) is 3.79. The zero-order chi connectivity index (χ0) is 22.0. The van der Waals surface area contributed by atoms with E-state index in [1.54, 1.807) is 0 Å². The Morgan fingerprint density at radius 3 is 2.31 bits per heavy atom. The lowest BCUT2D eigenvalue weighted by Gasteiger charge is -2.26. The third-order valence-corrected chi connectivity index (χ3v) is 4.75. The number of carboxylic acids is 1. The number of nitrogens with one attached hydrogen (secondary N) is 4. The van der Waals surface area contributed by atoms with Crippen LogP contribution in [-0.4, -0.2) is 77.3 Å². The molecule has 0 saturated carbocycles. The smallest absolute Gasteiger partial charge is 0.325 e. The van der Waals surface area contributed by atoms with Gasteiger partial charge in [-0.15, -0.1) is 0 Å². The summed E-state index contributed by atoms with van der Waals surface area (Å²) in [4.78, 5) is 48.4. The van der Waals surface area contributed by atoms with Crippen LogP contribution in [0.4, 0.5) is 0 Å². The molecule has 1 fully saturated rings. The number of nitrogens with two attached hydrogens (primary N) is 1. The van der Waals surface area contributed by atoms with E-state index >= 15 is 0 Å². The van der Waals surface area contributed by atoms with Crippen LogP contribution >= 0.6 is 0 Å². The van der Waals surface area contributed by atoms with E-state index in [0.29, 0.717) is 32.4 Å². The van der Waals surface area contributed by atoms with Crippen LogP contribution in [0.5, 0.6) is 0 Å². The van der Waals surface area contributed by atoms with Gasteiger partial charge in [0, 0.05) is 0 Å². The van der Waals surface area contributed by atoms with Crippen LogP contribution in [0.25, 0.3) is 0 Å². The number of amides is 3. The highest BCUT2D eigenvalue weighted by Gasteiger charge is 2.32. The normalized spacial score (nSPS) is 20.2. The van der Waals surface area contributed by atoms with Crippen LogP contribution in [0.3, 0.4) is 0 Å². The second kappa shape index (κ2) is 12.3. The van der Waals surface area contributed by atoms with Crippen LogP contribution in [0, 0.1) is 0 Å². The summed E-state index contributed by atoms with van der Waals surface area (Å²) in [5.41, 5.74) is 5.46. The third-order valence-electron chi connectivity index (χ3n) is 4.75. The van der Waals surface area contributed by atoms with E-state index in [0.717, 1.165) is 6.42 Å². The molecule has 0 aromatic rings. The maximum absolute atomic E-state index is 12.7. The number of unbranched alkanes of at least 4 members (excludes halogenated alkanes) is 1. The van der Waals surface area contributed by atoms with Gasteiger partial charge >= 0.3 is 5.97 Å². The number of aliphatic hydroxyl groups is 1. The van der Waals surface area contributed by atoms with Gasteiger partial charge in [0.25, 0.3) is 0 Å². The summed E-state index contributed by atoms with van der Waals surface area (Å²) in [7, 11) is 0. The highest BCUT2D eigenvalue weighted by atomic mass is 16.4. The first-order chi connectivity index (χ1) is 13.7. The van der Waals surface area contributed by atoms with Crippen LogP contribution in [-0.2, 0) is 19.2 Å².